The second kappa shape index (κ2) is 7.13. The van der Waals surface area contributed by atoms with Gasteiger partial charge in [0.1, 0.15) is 11.5 Å². The number of hydrogen-bond donors (Lipinski definition) is 1. The minimum atomic E-state index is -0.0818. The second-order valence-electron chi connectivity index (χ2n) is 7.04. The van der Waals surface area contributed by atoms with Crippen molar-refractivity contribution in [3.63, 3.8) is 0 Å². The molecule has 0 radical (unpaired) electrons. The number of furan rings is 1. The molecule has 0 aliphatic carbocycles. The molecule has 2 unspecified atom stereocenters. The Balaban J connectivity index is 1.41. The van der Waals surface area contributed by atoms with Crippen molar-refractivity contribution in [1.82, 2.24) is 19.6 Å². The zero-order valence-electron chi connectivity index (χ0n) is 15.2. The van der Waals surface area contributed by atoms with E-state index in [0.717, 1.165) is 39.4 Å². The van der Waals surface area contributed by atoms with Crippen molar-refractivity contribution in [3.8, 4) is 11.5 Å². The van der Waals surface area contributed by atoms with Crippen molar-refractivity contribution >= 4 is 11.8 Å². The molecule has 140 valence electrons. The van der Waals surface area contributed by atoms with Crippen LogP contribution in [0.15, 0.2) is 28.9 Å². The van der Waals surface area contributed by atoms with Gasteiger partial charge in [-0.05, 0) is 18.1 Å². The predicted octanol–water partition coefficient (Wildman–Crippen LogP) is 1.86. The van der Waals surface area contributed by atoms with Crippen LogP contribution in [0.2, 0.25) is 0 Å². The summed E-state index contributed by atoms with van der Waals surface area (Å²) in [5, 5.41) is 7.38. The maximum absolute atomic E-state index is 12.7. The summed E-state index contributed by atoms with van der Waals surface area (Å²) in [5.74, 6) is 1.79. The summed E-state index contributed by atoms with van der Waals surface area (Å²) in [4.78, 5) is 17.1. The first kappa shape index (κ1) is 17.1. The largest absolute Gasteiger partial charge is 0.463 e. The highest BCUT2D eigenvalue weighted by Gasteiger charge is 2.36. The van der Waals surface area contributed by atoms with Gasteiger partial charge in [0.25, 0.3) is 0 Å². The fourth-order valence-corrected chi connectivity index (χ4v) is 3.82. The number of morpholine rings is 1. The maximum Gasteiger partial charge on any atom is 0.323 e. The lowest BCUT2D eigenvalue weighted by atomic mass is 10.0. The summed E-state index contributed by atoms with van der Waals surface area (Å²) < 4.78 is 12.5. The molecule has 2 saturated heterocycles. The molecule has 2 aliphatic heterocycles. The predicted molar refractivity (Wildman–Crippen MR) is 96.8 cm³/mol. The summed E-state index contributed by atoms with van der Waals surface area (Å²) in [6.07, 6.45) is 1.61. The van der Waals surface area contributed by atoms with E-state index in [1.54, 1.807) is 10.9 Å². The normalized spacial score (nSPS) is 24.2. The van der Waals surface area contributed by atoms with Gasteiger partial charge in [0.15, 0.2) is 5.76 Å². The number of urea groups is 1. The highest BCUT2D eigenvalue weighted by molar-refractivity contribution is 5.89. The van der Waals surface area contributed by atoms with E-state index in [2.05, 4.69) is 22.2 Å². The third-order valence-corrected chi connectivity index (χ3v) is 5.26. The molecule has 0 aromatic carbocycles. The first-order chi connectivity index (χ1) is 12.6. The smallest absolute Gasteiger partial charge is 0.323 e. The molecule has 0 bridgehead atoms. The van der Waals surface area contributed by atoms with Gasteiger partial charge in [-0.25, -0.2) is 4.79 Å². The van der Waals surface area contributed by atoms with Crippen LogP contribution >= 0.6 is 0 Å². The molecule has 8 nitrogen and oxygen atoms in total. The SMILES string of the molecule is CC1CN(C(=O)Nc2cc(-c3ccco3)nn2C)CC1N1CCOCC1. The first-order valence-corrected chi connectivity index (χ1v) is 9.07. The third kappa shape index (κ3) is 3.34. The molecule has 2 aliphatic rings. The number of amides is 2. The molecule has 2 aromatic rings. The van der Waals surface area contributed by atoms with Gasteiger partial charge >= 0.3 is 6.03 Å². The van der Waals surface area contributed by atoms with Crippen molar-refractivity contribution < 1.29 is 13.9 Å². The van der Waals surface area contributed by atoms with E-state index < -0.39 is 0 Å². The van der Waals surface area contributed by atoms with Crippen LogP contribution < -0.4 is 5.32 Å². The molecule has 2 atom stereocenters. The van der Waals surface area contributed by atoms with Crippen molar-refractivity contribution in [2.24, 2.45) is 13.0 Å². The highest BCUT2D eigenvalue weighted by Crippen LogP contribution is 2.25. The van der Waals surface area contributed by atoms with Crippen molar-refractivity contribution in [2.75, 3.05) is 44.7 Å². The standard InChI is InChI=1S/C18H25N5O3/c1-13-11-23(12-15(13)22-5-8-25-9-6-22)18(24)19-17-10-14(20-21(17)2)16-4-3-7-26-16/h3-4,7,10,13,15H,5-6,8-9,11-12H2,1-2H3,(H,19,24). The molecule has 0 saturated carbocycles. The van der Waals surface area contributed by atoms with Crippen LogP contribution in [0, 0.1) is 5.92 Å². The Hall–Kier alpha value is -2.32. The highest BCUT2D eigenvalue weighted by atomic mass is 16.5. The molecule has 26 heavy (non-hydrogen) atoms. The fourth-order valence-electron chi connectivity index (χ4n) is 3.82. The number of rotatable bonds is 3. The van der Waals surface area contributed by atoms with Crippen LogP contribution in [0.4, 0.5) is 10.6 Å². The molecule has 2 amide bonds. The monoisotopic (exact) mass is 359 g/mol. The Bertz CT molecular complexity index is 751. The average Bonchev–Trinajstić information content (AvgIpc) is 3.36. The van der Waals surface area contributed by atoms with E-state index in [9.17, 15) is 4.79 Å². The maximum atomic E-state index is 12.7. The van der Waals surface area contributed by atoms with Crippen molar-refractivity contribution in [3.05, 3.63) is 24.5 Å². The average molecular weight is 359 g/mol. The Morgan fingerprint density at radius 2 is 2.12 bits per heavy atom. The molecule has 4 heterocycles. The third-order valence-electron chi connectivity index (χ3n) is 5.26. The van der Waals surface area contributed by atoms with Gasteiger partial charge < -0.3 is 14.1 Å². The van der Waals surface area contributed by atoms with E-state index in [0.29, 0.717) is 29.2 Å². The Morgan fingerprint density at radius 3 is 2.85 bits per heavy atom. The van der Waals surface area contributed by atoms with Crippen LogP contribution in [0.3, 0.4) is 0 Å². The number of carbonyl (C=O) groups is 1. The zero-order valence-corrected chi connectivity index (χ0v) is 15.2. The van der Waals surface area contributed by atoms with Crippen LogP contribution in [-0.4, -0.2) is 71.0 Å². The molecule has 4 rings (SSSR count). The van der Waals surface area contributed by atoms with E-state index in [1.165, 1.54) is 0 Å². The second-order valence-corrected chi connectivity index (χ2v) is 7.04. The summed E-state index contributed by atoms with van der Waals surface area (Å²) in [6, 6.07) is 5.81. The zero-order chi connectivity index (χ0) is 18.1. The fraction of sp³-hybridized carbons (Fsp3) is 0.556. The van der Waals surface area contributed by atoms with Gasteiger partial charge in [0.2, 0.25) is 0 Å². The number of nitrogens with zero attached hydrogens (tertiary/aromatic N) is 4. The van der Waals surface area contributed by atoms with E-state index in [-0.39, 0.29) is 6.03 Å². The molecule has 2 fully saturated rings. The number of aromatic nitrogens is 2. The molecule has 0 spiro atoms. The van der Waals surface area contributed by atoms with E-state index >= 15 is 0 Å². The number of anilines is 1. The summed E-state index contributed by atoms with van der Waals surface area (Å²) in [7, 11) is 1.81. The number of aryl methyl sites for hydroxylation is 1. The number of hydrogen-bond acceptors (Lipinski definition) is 5. The Morgan fingerprint density at radius 1 is 1.31 bits per heavy atom. The van der Waals surface area contributed by atoms with Crippen molar-refractivity contribution in [1.29, 1.82) is 0 Å². The van der Waals surface area contributed by atoms with E-state index in [1.807, 2.05) is 30.1 Å². The summed E-state index contributed by atoms with van der Waals surface area (Å²) in [5.41, 5.74) is 0.703. The molecular formula is C18H25N5O3. The number of carbonyl (C=O) groups excluding carboxylic acids is 1. The topological polar surface area (TPSA) is 75.8 Å². The number of likely N-dealkylation sites (tertiary alicyclic amines) is 1. The van der Waals surface area contributed by atoms with E-state index in [4.69, 9.17) is 9.15 Å². The van der Waals surface area contributed by atoms with Crippen LogP contribution in [0.1, 0.15) is 6.92 Å². The molecule has 8 heteroatoms. The lowest BCUT2D eigenvalue weighted by Gasteiger charge is -2.33. The van der Waals surface area contributed by atoms with Gasteiger partial charge in [-0.1, -0.05) is 6.92 Å². The van der Waals surface area contributed by atoms with Gasteiger partial charge in [-0.15, -0.1) is 0 Å². The minimum absolute atomic E-state index is 0.0818. The van der Waals surface area contributed by atoms with Gasteiger partial charge in [0.05, 0.1) is 19.5 Å². The van der Waals surface area contributed by atoms with Gasteiger partial charge in [0, 0.05) is 45.3 Å². The lowest BCUT2D eigenvalue weighted by molar-refractivity contribution is 0.0123. The van der Waals surface area contributed by atoms with Gasteiger partial charge in [-0.3, -0.25) is 14.9 Å². The van der Waals surface area contributed by atoms with Gasteiger partial charge in [-0.2, -0.15) is 5.10 Å². The van der Waals surface area contributed by atoms with Crippen LogP contribution in [0.25, 0.3) is 11.5 Å². The van der Waals surface area contributed by atoms with Crippen LogP contribution in [0.5, 0.6) is 0 Å². The number of nitrogens with one attached hydrogen (secondary N) is 1. The van der Waals surface area contributed by atoms with Crippen molar-refractivity contribution in [2.45, 2.75) is 13.0 Å². The summed E-state index contributed by atoms with van der Waals surface area (Å²) in [6.45, 7) is 7.16. The minimum Gasteiger partial charge on any atom is -0.463 e. The quantitative estimate of drug-likeness (QED) is 0.905. The first-order valence-electron chi connectivity index (χ1n) is 9.07. The van der Waals surface area contributed by atoms with Crippen LogP contribution in [-0.2, 0) is 11.8 Å². The molecule has 2 aromatic heterocycles. The molecule has 1 N–H and O–H groups in total. The molecular weight excluding hydrogens is 334 g/mol. The number of ether oxygens (including phenoxy) is 1. The Labute approximate surface area is 152 Å². The summed E-state index contributed by atoms with van der Waals surface area (Å²) >= 11 is 0. The Kier molecular flexibility index (Phi) is 4.69. The lowest BCUT2D eigenvalue weighted by Crippen LogP contribution is -2.47.